The van der Waals surface area contributed by atoms with Gasteiger partial charge >= 0.3 is 0 Å². The van der Waals surface area contributed by atoms with Crippen LogP contribution in [0.15, 0.2) is 27.8 Å². The SMILES string of the molecule is CC(C)Oc1ccc(Br)cc1/C=N/O. The lowest BCUT2D eigenvalue weighted by atomic mass is 10.2. The zero-order valence-electron chi connectivity index (χ0n) is 8.07. The van der Waals surface area contributed by atoms with Crippen LogP contribution in [0.5, 0.6) is 5.75 Å². The summed E-state index contributed by atoms with van der Waals surface area (Å²) in [4.78, 5) is 0. The lowest BCUT2D eigenvalue weighted by Crippen LogP contribution is -2.07. The summed E-state index contributed by atoms with van der Waals surface area (Å²) < 4.78 is 6.45. The van der Waals surface area contributed by atoms with Crippen LogP contribution in [0.4, 0.5) is 0 Å². The van der Waals surface area contributed by atoms with Crippen LogP contribution in [0.2, 0.25) is 0 Å². The molecule has 0 spiro atoms. The van der Waals surface area contributed by atoms with Gasteiger partial charge in [0.05, 0.1) is 12.3 Å². The van der Waals surface area contributed by atoms with E-state index in [-0.39, 0.29) is 6.10 Å². The molecular weight excluding hydrogens is 246 g/mol. The van der Waals surface area contributed by atoms with Crippen LogP contribution >= 0.6 is 15.9 Å². The molecule has 0 aromatic heterocycles. The molecular formula is C10H12BrNO2. The summed E-state index contributed by atoms with van der Waals surface area (Å²) in [6, 6.07) is 5.55. The molecule has 0 fully saturated rings. The summed E-state index contributed by atoms with van der Waals surface area (Å²) in [6.07, 6.45) is 1.45. The molecule has 0 aliphatic carbocycles. The molecule has 0 atom stereocenters. The Balaban J connectivity index is 3.01. The van der Waals surface area contributed by atoms with Gasteiger partial charge in [0.1, 0.15) is 5.75 Å². The first-order chi connectivity index (χ1) is 6.63. The van der Waals surface area contributed by atoms with E-state index < -0.39 is 0 Å². The van der Waals surface area contributed by atoms with Gasteiger partial charge in [-0.2, -0.15) is 0 Å². The van der Waals surface area contributed by atoms with Gasteiger partial charge in [-0.25, -0.2) is 0 Å². The number of oxime groups is 1. The molecule has 0 aliphatic rings. The van der Waals surface area contributed by atoms with E-state index in [4.69, 9.17) is 9.94 Å². The molecule has 4 heteroatoms. The summed E-state index contributed by atoms with van der Waals surface area (Å²) in [7, 11) is 0. The Kier molecular flexibility index (Phi) is 3.95. The fourth-order valence-electron chi connectivity index (χ4n) is 1.04. The lowest BCUT2D eigenvalue weighted by molar-refractivity contribution is 0.242. The van der Waals surface area contributed by atoms with Crippen LogP contribution in [0.3, 0.4) is 0 Å². The normalized spacial score (nSPS) is 11.1. The van der Waals surface area contributed by atoms with Gasteiger partial charge in [-0.05, 0) is 32.0 Å². The van der Waals surface area contributed by atoms with Crippen molar-refractivity contribution in [3.05, 3.63) is 28.2 Å². The Labute approximate surface area is 91.5 Å². The number of hydrogen-bond donors (Lipinski definition) is 1. The third kappa shape index (κ3) is 3.03. The number of benzene rings is 1. The number of halogens is 1. The van der Waals surface area contributed by atoms with Crippen molar-refractivity contribution < 1.29 is 9.94 Å². The zero-order valence-corrected chi connectivity index (χ0v) is 9.65. The second kappa shape index (κ2) is 5.00. The van der Waals surface area contributed by atoms with Gasteiger partial charge in [-0.1, -0.05) is 21.1 Å². The van der Waals surface area contributed by atoms with Gasteiger partial charge in [0, 0.05) is 10.0 Å². The average Bonchev–Trinajstić information content (AvgIpc) is 2.09. The van der Waals surface area contributed by atoms with E-state index in [2.05, 4.69) is 21.1 Å². The summed E-state index contributed by atoms with van der Waals surface area (Å²) in [5.41, 5.74) is 0.746. The van der Waals surface area contributed by atoms with Gasteiger partial charge in [-0.15, -0.1) is 0 Å². The highest BCUT2D eigenvalue weighted by molar-refractivity contribution is 9.10. The molecule has 0 bridgehead atoms. The van der Waals surface area contributed by atoms with Crippen molar-refractivity contribution >= 4 is 22.1 Å². The van der Waals surface area contributed by atoms with E-state index in [9.17, 15) is 0 Å². The van der Waals surface area contributed by atoms with E-state index in [1.807, 2.05) is 32.0 Å². The second-order valence-electron chi connectivity index (χ2n) is 3.09. The van der Waals surface area contributed by atoms with E-state index in [0.717, 1.165) is 10.0 Å². The molecule has 14 heavy (non-hydrogen) atoms. The van der Waals surface area contributed by atoms with Crippen LogP contribution in [-0.4, -0.2) is 17.5 Å². The van der Waals surface area contributed by atoms with E-state index >= 15 is 0 Å². The van der Waals surface area contributed by atoms with E-state index in [1.165, 1.54) is 6.21 Å². The molecule has 1 aromatic carbocycles. The fraction of sp³-hybridized carbons (Fsp3) is 0.300. The van der Waals surface area contributed by atoms with Crippen LogP contribution in [0.25, 0.3) is 0 Å². The summed E-state index contributed by atoms with van der Waals surface area (Å²) in [5.74, 6) is 0.709. The van der Waals surface area contributed by atoms with E-state index in [1.54, 1.807) is 0 Å². The standard InChI is InChI=1S/C10H12BrNO2/c1-7(2)14-10-4-3-9(11)5-8(10)6-12-13/h3-7,13H,1-2H3/b12-6+. The number of ether oxygens (including phenoxy) is 1. The van der Waals surface area contributed by atoms with E-state index in [0.29, 0.717) is 5.75 Å². The predicted octanol–water partition coefficient (Wildman–Crippen LogP) is 3.04. The minimum atomic E-state index is 0.0991. The molecule has 0 unspecified atom stereocenters. The quantitative estimate of drug-likeness (QED) is 0.514. The largest absolute Gasteiger partial charge is 0.490 e. The first kappa shape index (κ1) is 11.0. The van der Waals surface area contributed by atoms with Crippen molar-refractivity contribution in [1.29, 1.82) is 0 Å². The Bertz CT molecular complexity index is 337. The van der Waals surface area contributed by atoms with Crippen molar-refractivity contribution in [3.63, 3.8) is 0 Å². The fourth-order valence-corrected chi connectivity index (χ4v) is 1.42. The maximum Gasteiger partial charge on any atom is 0.128 e. The zero-order chi connectivity index (χ0) is 10.6. The van der Waals surface area contributed by atoms with Gasteiger partial charge < -0.3 is 9.94 Å². The second-order valence-corrected chi connectivity index (χ2v) is 4.01. The van der Waals surface area contributed by atoms with Crippen LogP contribution in [0.1, 0.15) is 19.4 Å². The maximum atomic E-state index is 8.47. The lowest BCUT2D eigenvalue weighted by Gasteiger charge is -2.11. The van der Waals surface area contributed by atoms with Crippen LogP contribution in [-0.2, 0) is 0 Å². The summed E-state index contributed by atoms with van der Waals surface area (Å²) >= 11 is 3.33. The monoisotopic (exact) mass is 257 g/mol. The third-order valence-electron chi connectivity index (χ3n) is 1.53. The maximum absolute atomic E-state index is 8.47. The number of nitrogens with zero attached hydrogens (tertiary/aromatic N) is 1. The smallest absolute Gasteiger partial charge is 0.128 e. The molecule has 0 aliphatic heterocycles. The minimum absolute atomic E-state index is 0.0991. The third-order valence-corrected chi connectivity index (χ3v) is 2.02. The number of rotatable bonds is 3. The Hall–Kier alpha value is -1.03. The molecule has 0 amide bonds. The Morgan fingerprint density at radius 2 is 2.21 bits per heavy atom. The Morgan fingerprint density at radius 1 is 1.50 bits per heavy atom. The van der Waals surface area contributed by atoms with Crippen molar-refractivity contribution in [1.82, 2.24) is 0 Å². The molecule has 1 N–H and O–H groups in total. The molecule has 1 aromatic rings. The topological polar surface area (TPSA) is 41.8 Å². The van der Waals surface area contributed by atoms with Gasteiger partial charge in [0.2, 0.25) is 0 Å². The molecule has 1 rings (SSSR count). The molecule has 76 valence electrons. The van der Waals surface area contributed by atoms with Gasteiger partial charge in [0.15, 0.2) is 0 Å². The first-order valence-electron chi connectivity index (χ1n) is 4.27. The number of hydrogen-bond acceptors (Lipinski definition) is 3. The summed E-state index contributed by atoms with van der Waals surface area (Å²) in [6.45, 7) is 3.89. The summed E-state index contributed by atoms with van der Waals surface area (Å²) in [5, 5.41) is 11.5. The molecule has 0 radical (unpaired) electrons. The molecule has 0 saturated heterocycles. The predicted molar refractivity (Wildman–Crippen MR) is 59.3 cm³/mol. The Morgan fingerprint density at radius 3 is 2.79 bits per heavy atom. The average molecular weight is 258 g/mol. The van der Waals surface area contributed by atoms with Gasteiger partial charge in [0.25, 0.3) is 0 Å². The highest BCUT2D eigenvalue weighted by Gasteiger charge is 2.04. The first-order valence-corrected chi connectivity index (χ1v) is 5.06. The van der Waals surface area contributed by atoms with Crippen molar-refractivity contribution in [2.24, 2.45) is 5.16 Å². The minimum Gasteiger partial charge on any atom is -0.490 e. The molecule has 0 saturated carbocycles. The van der Waals surface area contributed by atoms with Crippen LogP contribution in [0, 0.1) is 0 Å². The van der Waals surface area contributed by atoms with Gasteiger partial charge in [-0.3, -0.25) is 0 Å². The van der Waals surface area contributed by atoms with Crippen molar-refractivity contribution in [2.45, 2.75) is 20.0 Å². The highest BCUT2D eigenvalue weighted by Crippen LogP contribution is 2.22. The van der Waals surface area contributed by atoms with Crippen molar-refractivity contribution in [2.75, 3.05) is 0 Å². The molecule has 3 nitrogen and oxygen atoms in total. The van der Waals surface area contributed by atoms with Crippen LogP contribution < -0.4 is 4.74 Å². The molecule has 0 heterocycles. The highest BCUT2D eigenvalue weighted by atomic mass is 79.9. The van der Waals surface area contributed by atoms with Crippen molar-refractivity contribution in [3.8, 4) is 5.75 Å².